The third kappa shape index (κ3) is 4.58. The molecule has 0 saturated heterocycles. The number of benzene rings is 2. The van der Waals surface area contributed by atoms with Crippen molar-refractivity contribution in [2.24, 2.45) is 0 Å². The molecule has 1 amide bonds. The van der Waals surface area contributed by atoms with Crippen LogP contribution in [0.15, 0.2) is 65.5 Å². The number of carbonyl (C=O) groups is 1. The molecule has 1 N–H and O–H groups in total. The SMILES string of the molecule is COc1ccc(-c2ccc(=O)n(CC(=O)NC(C)c3ccccc3Cl)n2)cc1. The molecule has 2 aromatic carbocycles. The molecule has 0 spiro atoms. The fraction of sp³-hybridized carbons (Fsp3) is 0.190. The summed E-state index contributed by atoms with van der Waals surface area (Å²) in [5.74, 6) is 0.402. The maximum atomic E-state index is 12.4. The number of ether oxygens (including phenoxy) is 1. The van der Waals surface area contributed by atoms with E-state index in [4.69, 9.17) is 16.3 Å². The fourth-order valence-electron chi connectivity index (χ4n) is 2.81. The Morgan fingerprint density at radius 2 is 1.86 bits per heavy atom. The Bertz CT molecular complexity index is 1030. The lowest BCUT2D eigenvalue weighted by molar-refractivity contribution is -0.122. The standard InChI is InChI=1S/C21H20ClN3O3/c1-14(17-5-3-4-6-18(17)22)23-20(26)13-25-21(27)12-11-19(24-25)15-7-9-16(28-2)10-8-15/h3-12,14H,13H2,1-2H3,(H,23,26). The number of halogens is 1. The first-order valence-corrected chi connectivity index (χ1v) is 9.12. The highest BCUT2D eigenvalue weighted by molar-refractivity contribution is 6.31. The first-order chi connectivity index (χ1) is 13.5. The first-order valence-electron chi connectivity index (χ1n) is 8.74. The minimum Gasteiger partial charge on any atom is -0.497 e. The van der Waals surface area contributed by atoms with Crippen LogP contribution in [-0.2, 0) is 11.3 Å². The lowest BCUT2D eigenvalue weighted by Crippen LogP contribution is -2.34. The Hall–Kier alpha value is -3.12. The zero-order valence-electron chi connectivity index (χ0n) is 15.6. The van der Waals surface area contributed by atoms with Gasteiger partial charge in [0.05, 0.1) is 18.8 Å². The molecule has 0 aliphatic heterocycles. The molecular weight excluding hydrogens is 378 g/mol. The highest BCUT2D eigenvalue weighted by Gasteiger charge is 2.14. The van der Waals surface area contributed by atoms with Gasteiger partial charge in [0.15, 0.2) is 0 Å². The highest BCUT2D eigenvalue weighted by atomic mass is 35.5. The van der Waals surface area contributed by atoms with Crippen molar-refractivity contribution in [3.63, 3.8) is 0 Å². The predicted molar refractivity (Wildman–Crippen MR) is 108 cm³/mol. The van der Waals surface area contributed by atoms with Gasteiger partial charge in [0.1, 0.15) is 12.3 Å². The summed E-state index contributed by atoms with van der Waals surface area (Å²) in [6.07, 6.45) is 0. The van der Waals surface area contributed by atoms with Crippen molar-refractivity contribution >= 4 is 17.5 Å². The van der Waals surface area contributed by atoms with Gasteiger partial charge in [-0.05, 0) is 48.9 Å². The molecule has 3 aromatic rings. The van der Waals surface area contributed by atoms with E-state index in [1.54, 1.807) is 19.2 Å². The molecule has 0 fully saturated rings. The smallest absolute Gasteiger partial charge is 0.267 e. The second-order valence-electron chi connectivity index (χ2n) is 6.25. The summed E-state index contributed by atoms with van der Waals surface area (Å²) in [7, 11) is 1.59. The molecule has 0 radical (unpaired) electrons. The minimum atomic E-state index is -0.349. The van der Waals surface area contributed by atoms with Crippen LogP contribution in [0, 0.1) is 0 Å². The Labute approximate surface area is 167 Å². The van der Waals surface area contributed by atoms with Gasteiger partial charge in [0.2, 0.25) is 5.91 Å². The van der Waals surface area contributed by atoms with Crippen molar-refractivity contribution in [3.05, 3.63) is 81.6 Å². The zero-order valence-corrected chi connectivity index (χ0v) is 16.3. The van der Waals surface area contributed by atoms with Crippen LogP contribution in [0.1, 0.15) is 18.5 Å². The molecule has 1 aromatic heterocycles. The van der Waals surface area contributed by atoms with Crippen molar-refractivity contribution in [3.8, 4) is 17.0 Å². The second kappa shape index (κ2) is 8.71. The van der Waals surface area contributed by atoms with Gasteiger partial charge >= 0.3 is 0 Å². The summed E-state index contributed by atoms with van der Waals surface area (Å²) < 4.78 is 6.29. The van der Waals surface area contributed by atoms with Crippen molar-refractivity contribution < 1.29 is 9.53 Å². The Kier molecular flexibility index (Phi) is 6.11. The van der Waals surface area contributed by atoms with Gasteiger partial charge in [-0.3, -0.25) is 9.59 Å². The lowest BCUT2D eigenvalue weighted by atomic mass is 10.1. The largest absolute Gasteiger partial charge is 0.497 e. The number of rotatable bonds is 6. The molecule has 28 heavy (non-hydrogen) atoms. The summed E-state index contributed by atoms with van der Waals surface area (Å²) >= 11 is 6.17. The molecule has 0 saturated carbocycles. The Morgan fingerprint density at radius 1 is 1.14 bits per heavy atom. The quantitative estimate of drug-likeness (QED) is 0.691. The first kappa shape index (κ1) is 19.6. The van der Waals surface area contributed by atoms with Gasteiger partial charge in [0.25, 0.3) is 5.56 Å². The molecule has 0 aliphatic rings. The fourth-order valence-corrected chi connectivity index (χ4v) is 3.10. The van der Waals surface area contributed by atoms with Gasteiger partial charge < -0.3 is 10.1 Å². The van der Waals surface area contributed by atoms with Crippen LogP contribution in [0.5, 0.6) is 5.75 Å². The van der Waals surface area contributed by atoms with E-state index >= 15 is 0 Å². The average molecular weight is 398 g/mol. The van der Waals surface area contributed by atoms with Crippen LogP contribution in [-0.4, -0.2) is 22.8 Å². The highest BCUT2D eigenvalue weighted by Crippen LogP contribution is 2.22. The number of amides is 1. The van der Waals surface area contributed by atoms with E-state index in [1.807, 2.05) is 49.4 Å². The van der Waals surface area contributed by atoms with E-state index in [9.17, 15) is 9.59 Å². The number of nitrogens with zero attached hydrogens (tertiary/aromatic N) is 2. The van der Waals surface area contributed by atoms with Crippen LogP contribution in [0.4, 0.5) is 0 Å². The summed E-state index contributed by atoms with van der Waals surface area (Å²) in [5, 5.41) is 7.74. The van der Waals surface area contributed by atoms with E-state index < -0.39 is 0 Å². The van der Waals surface area contributed by atoms with Crippen LogP contribution in [0.25, 0.3) is 11.3 Å². The number of carbonyl (C=O) groups excluding carboxylic acids is 1. The molecule has 3 rings (SSSR count). The molecule has 6 nitrogen and oxygen atoms in total. The molecule has 0 aliphatic carbocycles. The van der Waals surface area contributed by atoms with Gasteiger partial charge in [-0.2, -0.15) is 5.10 Å². The van der Waals surface area contributed by atoms with Crippen LogP contribution in [0.3, 0.4) is 0 Å². The van der Waals surface area contributed by atoms with Gasteiger partial charge in [0, 0.05) is 16.7 Å². The Morgan fingerprint density at radius 3 is 2.54 bits per heavy atom. The number of nitrogens with one attached hydrogen (secondary N) is 1. The number of aromatic nitrogens is 2. The summed E-state index contributed by atoms with van der Waals surface area (Å²) in [5.41, 5.74) is 1.87. The second-order valence-corrected chi connectivity index (χ2v) is 6.66. The van der Waals surface area contributed by atoms with Gasteiger partial charge in [-0.15, -0.1) is 0 Å². The van der Waals surface area contributed by atoms with E-state index in [1.165, 1.54) is 6.07 Å². The summed E-state index contributed by atoms with van der Waals surface area (Å²) in [4.78, 5) is 24.5. The topological polar surface area (TPSA) is 73.2 Å². The van der Waals surface area contributed by atoms with E-state index in [-0.39, 0.29) is 24.1 Å². The monoisotopic (exact) mass is 397 g/mol. The van der Waals surface area contributed by atoms with E-state index in [0.29, 0.717) is 10.7 Å². The molecule has 7 heteroatoms. The van der Waals surface area contributed by atoms with Gasteiger partial charge in [-0.1, -0.05) is 29.8 Å². The molecule has 1 heterocycles. The van der Waals surface area contributed by atoms with E-state index in [2.05, 4.69) is 10.4 Å². The molecule has 1 unspecified atom stereocenters. The van der Waals surface area contributed by atoms with Crippen molar-refractivity contribution in [1.29, 1.82) is 0 Å². The minimum absolute atomic E-state index is 0.183. The zero-order chi connectivity index (χ0) is 20.1. The lowest BCUT2D eigenvalue weighted by Gasteiger charge is -2.16. The predicted octanol–water partition coefficient (Wildman–Crippen LogP) is 3.45. The maximum Gasteiger partial charge on any atom is 0.267 e. The third-order valence-electron chi connectivity index (χ3n) is 4.30. The molecule has 1 atom stereocenters. The van der Waals surface area contributed by atoms with Crippen LogP contribution >= 0.6 is 11.6 Å². The normalized spacial score (nSPS) is 11.7. The van der Waals surface area contributed by atoms with Crippen molar-refractivity contribution in [2.45, 2.75) is 19.5 Å². The van der Waals surface area contributed by atoms with Gasteiger partial charge in [-0.25, -0.2) is 4.68 Å². The molecular formula is C21H20ClN3O3. The number of hydrogen-bond donors (Lipinski definition) is 1. The average Bonchev–Trinajstić information content (AvgIpc) is 2.70. The van der Waals surface area contributed by atoms with Crippen LogP contribution in [0.2, 0.25) is 5.02 Å². The third-order valence-corrected chi connectivity index (χ3v) is 4.64. The van der Waals surface area contributed by atoms with Crippen LogP contribution < -0.4 is 15.6 Å². The number of methoxy groups -OCH3 is 1. The molecule has 0 bridgehead atoms. The molecule has 144 valence electrons. The van der Waals surface area contributed by atoms with Crippen molar-refractivity contribution in [2.75, 3.05) is 7.11 Å². The summed E-state index contributed by atoms with van der Waals surface area (Å²) in [6, 6.07) is 17.3. The summed E-state index contributed by atoms with van der Waals surface area (Å²) in [6.45, 7) is 1.65. The number of hydrogen-bond acceptors (Lipinski definition) is 4. The van der Waals surface area contributed by atoms with Crippen molar-refractivity contribution in [1.82, 2.24) is 15.1 Å². The maximum absolute atomic E-state index is 12.4. The van der Waals surface area contributed by atoms with E-state index in [0.717, 1.165) is 21.6 Å². The Balaban J connectivity index is 1.75.